The second-order valence-electron chi connectivity index (χ2n) is 6.38. The maximum atomic E-state index is 13.0. The number of aromatic nitrogens is 1. The summed E-state index contributed by atoms with van der Waals surface area (Å²) >= 11 is 12.4. The molecule has 0 aromatic carbocycles. The molecule has 0 bridgehead atoms. The molecule has 7 nitrogen and oxygen atoms in total. The molecule has 0 radical (unpaired) electrons. The van der Waals surface area contributed by atoms with E-state index in [1.165, 1.54) is 26.2 Å². The van der Waals surface area contributed by atoms with Crippen molar-refractivity contribution in [2.45, 2.75) is 26.2 Å². The third-order valence-corrected chi connectivity index (χ3v) is 4.90. The fourth-order valence-corrected chi connectivity index (χ4v) is 3.09. The Kier molecular flexibility index (Phi) is 8.41. The van der Waals surface area contributed by atoms with Gasteiger partial charge in [0.1, 0.15) is 5.69 Å². The summed E-state index contributed by atoms with van der Waals surface area (Å²) in [4.78, 5) is 22.5. The van der Waals surface area contributed by atoms with Crippen LogP contribution in [0.5, 0.6) is 5.75 Å². The van der Waals surface area contributed by atoms with Gasteiger partial charge < -0.3 is 10.2 Å². The van der Waals surface area contributed by atoms with E-state index in [2.05, 4.69) is 15.9 Å². The minimum Gasteiger partial charge on any atom is -0.493 e. The lowest BCUT2D eigenvalue weighted by Gasteiger charge is -2.16. The molecule has 1 aromatic heterocycles. The van der Waals surface area contributed by atoms with Crippen LogP contribution >= 0.6 is 23.2 Å². The summed E-state index contributed by atoms with van der Waals surface area (Å²) in [5.41, 5.74) is 7.07. The lowest BCUT2D eigenvalue weighted by Crippen LogP contribution is -2.33. The van der Waals surface area contributed by atoms with Gasteiger partial charge in [0.2, 0.25) is 0 Å². The van der Waals surface area contributed by atoms with Crippen molar-refractivity contribution in [3.8, 4) is 5.75 Å². The zero-order chi connectivity index (χ0) is 20.7. The van der Waals surface area contributed by atoms with Crippen LogP contribution in [0.3, 0.4) is 0 Å². The molecule has 1 aromatic rings. The molecule has 1 saturated carbocycles. The highest BCUT2D eigenvalue weighted by atomic mass is 35.5. The van der Waals surface area contributed by atoms with Crippen molar-refractivity contribution in [3.05, 3.63) is 45.2 Å². The first-order chi connectivity index (χ1) is 13.4. The van der Waals surface area contributed by atoms with Gasteiger partial charge in [0, 0.05) is 31.2 Å². The van der Waals surface area contributed by atoms with Crippen molar-refractivity contribution in [2.24, 2.45) is 10.9 Å². The van der Waals surface area contributed by atoms with Crippen LogP contribution < -0.4 is 21.1 Å². The second kappa shape index (κ2) is 10.5. The van der Waals surface area contributed by atoms with Crippen LogP contribution in [0.15, 0.2) is 39.0 Å². The number of hydroxylamine groups is 1. The van der Waals surface area contributed by atoms with Gasteiger partial charge in [-0.15, -0.1) is 0 Å². The average molecular weight is 429 g/mol. The number of ether oxygens (including phenoxy) is 1. The van der Waals surface area contributed by atoms with E-state index in [0.717, 1.165) is 0 Å². The highest BCUT2D eigenvalue weighted by molar-refractivity contribution is 6.35. The zero-order valence-electron chi connectivity index (χ0n) is 16.5. The van der Waals surface area contributed by atoms with Crippen LogP contribution in [0.4, 0.5) is 0 Å². The van der Waals surface area contributed by atoms with Crippen molar-refractivity contribution >= 4 is 29.0 Å². The van der Waals surface area contributed by atoms with Gasteiger partial charge in [-0.1, -0.05) is 23.2 Å². The molecule has 1 aliphatic rings. The minimum absolute atomic E-state index is 0.0200. The first kappa shape index (κ1) is 22.3. The van der Waals surface area contributed by atoms with Crippen LogP contribution in [-0.2, 0) is 4.84 Å². The molecule has 9 heteroatoms. The summed E-state index contributed by atoms with van der Waals surface area (Å²) in [6.07, 6.45) is 3.83. The number of Topliss-reactive ketones (excluding diaryl/α,β-unsaturated/α-hetero) is 1. The van der Waals surface area contributed by atoms with Crippen molar-refractivity contribution in [3.63, 3.8) is 0 Å². The SMILES string of the molecule is CNn1c(C(=O)CC(/C(Cl)=C\NOC)=C(/C)Cl)ccc(OC)c1=NCC1CC1. The second-order valence-corrected chi connectivity index (χ2v) is 7.35. The smallest absolute Gasteiger partial charge is 0.190 e. The van der Waals surface area contributed by atoms with E-state index in [-0.39, 0.29) is 12.2 Å². The lowest BCUT2D eigenvalue weighted by molar-refractivity contribution is 0.0984. The summed E-state index contributed by atoms with van der Waals surface area (Å²) in [5.74, 6) is 1.04. The minimum atomic E-state index is -0.168. The third-order valence-electron chi connectivity index (χ3n) is 4.34. The summed E-state index contributed by atoms with van der Waals surface area (Å²) in [5, 5.41) is 0.724. The number of rotatable bonds is 10. The van der Waals surface area contributed by atoms with Crippen LogP contribution in [0.2, 0.25) is 0 Å². The molecular weight excluding hydrogens is 403 g/mol. The number of allylic oxidation sites excluding steroid dienone is 3. The van der Waals surface area contributed by atoms with Crippen molar-refractivity contribution in [1.82, 2.24) is 10.2 Å². The number of hydrogen-bond donors (Lipinski definition) is 2. The normalized spacial score (nSPS) is 15.9. The quantitative estimate of drug-likeness (QED) is 0.339. The van der Waals surface area contributed by atoms with Crippen LogP contribution in [0.25, 0.3) is 0 Å². The van der Waals surface area contributed by atoms with Gasteiger partial charge in [-0.25, -0.2) is 4.68 Å². The number of nitrogens with one attached hydrogen (secondary N) is 2. The number of carbonyl (C=O) groups excluding carboxylic acids is 1. The molecule has 0 aliphatic heterocycles. The van der Waals surface area contributed by atoms with Crippen molar-refractivity contribution < 1.29 is 14.4 Å². The number of pyridine rings is 1. The van der Waals surface area contributed by atoms with Crippen LogP contribution in [-0.4, -0.2) is 38.3 Å². The molecule has 0 atom stereocenters. The highest BCUT2D eigenvalue weighted by Crippen LogP contribution is 2.29. The largest absolute Gasteiger partial charge is 0.493 e. The van der Waals surface area contributed by atoms with Gasteiger partial charge in [-0.2, -0.15) is 0 Å². The van der Waals surface area contributed by atoms with E-state index in [1.807, 2.05) is 0 Å². The third kappa shape index (κ3) is 5.77. The van der Waals surface area contributed by atoms with Crippen molar-refractivity contribution in [2.75, 3.05) is 33.2 Å². The Morgan fingerprint density at radius 2 is 2.07 bits per heavy atom. The Morgan fingerprint density at radius 1 is 1.36 bits per heavy atom. The van der Waals surface area contributed by atoms with E-state index in [0.29, 0.717) is 45.0 Å². The van der Waals surface area contributed by atoms with E-state index < -0.39 is 0 Å². The Hall–Kier alpha value is -1.96. The number of hydrogen-bond acceptors (Lipinski definition) is 6. The predicted octanol–water partition coefficient (Wildman–Crippen LogP) is 3.30. The summed E-state index contributed by atoms with van der Waals surface area (Å²) in [6, 6.07) is 3.44. The summed E-state index contributed by atoms with van der Waals surface area (Å²) < 4.78 is 7.06. The Balaban J connectivity index is 2.40. The Labute approximate surface area is 174 Å². The lowest BCUT2D eigenvalue weighted by atomic mass is 10.1. The van der Waals surface area contributed by atoms with E-state index in [1.54, 1.807) is 37.9 Å². The Morgan fingerprint density at radius 3 is 2.61 bits per heavy atom. The van der Waals surface area contributed by atoms with Crippen LogP contribution in [0, 0.1) is 5.92 Å². The number of ketones is 1. The Bertz CT molecular complexity index is 838. The number of nitrogens with zero attached hydrogens (tertiary/aromatic N) is 2. The number of carbonyl (C=O) groups is 1. The molecule has 0 spiro atoms. The maximum Gasteiger partial charge on any atom is 0.190 e. The van der Waals surface area contributed by atoms with Crippen LogP contribution in [0.1, 0.15) is 36.7 Å². The van der Waals surface area contributed by atoms with Gasteiger partial charge in [0.25, 0.3) is 0 Å². The molecule has 28 heavy (non-hydrogen) atoms. The molecule has 1 heterocycles. The molecule has 2 N–H and O–H groups in total. The molecule has 1 aliphatic carbocycles. The fraction of sp³-hybridized carbons (Fsp3) is 0.474. The molecule has 2 rings (SSSR count). The van der Waals surface area contributed by atoms with E-state index in [4.69, 9.17) is 32.8 Å². The van der Waals surface area contributed by atoms with Gasteiger partial charge >= 0.3 is 0 Å². The zero-order valence-corrected chi connectivity index (χ0v) is 18.0. The van der Waals surface area contributed by atoms with Gasteiger partial charge in [0.05, 0.1) is 19.3 Å². The highest BCUT2D eigenvalue weighted by Gasteiger charge is 2.22. The first-order valence-corrected chi connectivity index (χ1v) is 9.69. The molecule has 0 saturated heterocycles. The molecule has 0 unspecified atom stereocenters. The maximum absolute atomic E-state index is 13.0. The number of methoxy groups -OCH3 is 1. The first-order valence-electron chi connectivity index (χ1n) is 8.94. The van der Waals surface area contributed by atoms with Gasteiger partial charge in [0.15, 0.2) is 17.0 Å². The predicted molar refractivity (Wildman–Crippen MR) is 111 cm³/mol. The van der Waals surface area contributed by atoms with Crippen molar-refractivity contribution in [1.29, 1.82) is 0 Å². The van der Waals surface area contributed by atoms with Gasteiger partial charge in [-0.05, 0) is 43.4 Å². The number of halogens is 2. The molecule has 154 valence electrons. The monoisotopic (exact) mass is 428 g/mol. The van der Waals surface area contributed by atoms with E-state index in [9.17, 15) is 4.79 Å². The standard InChI is InChI=1S/C19H26Cl2N4O3/c1-12(20)14(15(21)11-24-28-4)9-17(26)16-7-8-18(27-3)19(25(16)22-2)23-10-13-5-6-13/h7-8,11,13,22,24H,5-6,9-10H2,1-4H3/b14-12+,15-11+,23-19?. The molecular formula is C19H26Cl2N4O3. The summed E-state index contributed by atoms with van der Waals surface area (Å²) in [7, 11) is 4.77. The summed E-state index contributed by atoms with van der Waals surface area (Å²) in [6.45, 7) is 2.39. The topological polar surface area (TPSA) is 76.9 Å². The molecule has 0 amide bonds. The average Bonchev–Trinajstić information content (AvgIpc) is 3.51. The van der Waals surface area contributed by atoms with E-state index >= 15 is 0 Å². The molecule has 1 fully saturated rings. The fourth-order valence-electron chi connectivity index (χ4n) is 2.62. The van der Waals surface area contributed by atoms with Gasteiger partial charge in [-0.3, -0.25) is 20.1 Å².